The lowest BCUT2D eigenvalue weighted by Gasteiger charge is -2.16. The van der Waals surface area contributed by atoms with Crippen LogP contribution < -0.4 is 10.2 Å². The summed E-state index contributed by atoms with van der Waals surface area (Å²) in [7, 11) is 0. The van der Waals surface area contributed by atoms with E-state index in [4.69, 9.17) is 0 Å². The molecule has 7 heteroatoms. The highest BCUT2D eigenvalue weighted by Gasteiger charge is 2.21. The van der Waals surface area contributed by atoms with Crippen LogP contribution in [0.3, 0.4) is 0 Å². The summed E-state index contributed by atoms with van der Waals surface area (Å²) < 4.78 is 26.1. The molecule has 1 atom stereocenters. The number of hydrogen-bond donors (Lipinski definition) is 2. The average Bonchev–Trinajstić information content (AvgIpc) is 3.07. The van der Waals surface area contributed by atoms with Crippen LogP contribution in [0.25, 0.3) is 0 Å². The first-order chi connectivity index (χ1) is 12.5. The molecule has 2 amide bonds. The van der Waals surface area contributed by atoms with Crippen molar-refractivity contribution in [3.63, 3.8) is 0 Å². The van der Waals surface area contributed by atoms with Gasteiger partial charge in [-0.1, -0.05) is 6.07 Å². The lowest BCUT2D eigenvalue weighted by Crippen LogP contribution is -2.28. The maximum absolute atomic E-state index is 13.2. The van der Waals surface area contributed by atoms with E-state index in [0.717, 1.165) is 24.2 Å². The van der Waals surface area contributed by atoms with Crippen LogP contribution in [-0.4, -0.2) is 30.0 Å². The molecule has 136 valence electrons. The number of hydrogen-bond acceptors (Lipinski definition) is 3. The van der Waals surface area contributed by atoms with Crippen molar-refractivity contribution < 1.29 is 23.5 Å². The van der Waals surface area contributed by atoms with Gasteiger partial charge in [-0.05, 0) is 48.4 Å². The quantitative estimate of drug-likeness (QED) is 0.861. The van der Waals surface area contributed by atoms with Crippen LogP contribution in [0.2, 0.25) is 0 Å². The lowest BCUT2D eigenvalue weighted by molar-refractivity contribution is -0.117. The van der Waals surface area contributed by atoms with Crippen LogP contribution >= 0.6 is 0 Å². The summed E-state index contributed by atoms with van der Waals surface area (Å²) in [4.78, 5) is 25.6. The minimum atomic E-state index is -1.16. The Balaban J connectivity index is 1.59. The number of carbonyl (C=O) groups excluding carboxylic acids is 2. The molecule has 3 rings (SSSR count). The predicted octanol–water partition coefficient (Wildman–Crippen LogP) is 2.56. The van der Waals surface area contributed by atoms with E-state index < -0.39 is 23.6 Å². The first-order valence-electron chi connectivity index (χ1n) is 8.27. The van der Waals surface area contributed by atoms with Gasteiger partial charge in [0, 0.05) is 30.8 Å². The van der Waals surface area contributed by atoms with Crippen LogP contribution in [0.5, 0.6) is 0 Å². The number of aliphatic hydroxyl groups is 1. The van der Waals surface area contributed by atoms with Crippen molar-refractivity contribution in [3.05, 3.63) is 65.2 Å². The number of nitrogens with one attached hydrogen (secondary N) is 1. The standard InChI is InChI=1S/C19H18F2N2O3/c20-15-8-5-13(10-16(15)21)17(24)11-22-19(26)12-3-6-14(7-4-12)23-9-1-2-18(23)25/h3-8,10,17,24H,1-2,9,11H2,(H,22,26)/t17-/m1/s1. The summed E-state index contributed by atoms with van der Waals surface area (Å²) in [6.45, 7) is 0.529. The van der Waals surface area contributed by atoms with Gasteiger partial charge in [0.15, 0.2) is 11.6 Å². The molecule has 1 saturated heterocycles. The van der Waals surface area contributed by atoms with Crippen LogP contribution in [0.4, 0.5) is 14.5 Å². The van der Waals surface area contributed by atoms with E-state index in [-0.39, 0.29) is 18.0 Å². The molecule has 0 aromatic heterocycles. The number of halogens is 2. The molecule has 2 N–H and O–H groups in total. The molecule has 5 nitrogen and oxygen atoms in total. The van der Waals surface area contributed by atoms with Gasteiger partial charge in [0.05, 0.1) is 6.10 Å². The summed E-state index contributed by atoms with van der Waals surface area (Å²) in [5, 5.41) is 12.5. The number of carbonyl (C=O) groups is 2. The van der Waals surface area contributed by atoms with Gasteiger partial charge in [0.1, 0.15) is 0 Å². The van der Waals surface area contributed by atoms with Gasteiger partial charge in [-0.25, -0.2) is 8.78 Å². The monoisotopic (exact) mass is 360 g/mol. The van der Waals surface area contributed by atoms with E-state index in [0.29, 0.717) is 18.5 Å². The second-order valence-electron chi connectivity index (χ2n) is 6.10. The molecular formula is C19H18F2N2O3. The van der Waals surface area contributed by atoms with Crippen molar-refractivity contribution >= 4 is 17.5 Å². The first kappa shape index (κ1) is 18.0. The fraction of sp³-hybridized carbons (Fsp3) is 0.263. The molecule has 1 aliphatic heterocycles. The number of anilines is 1. The summed E-state index contributed by atoms with van der Waals surface area (Å²) >= 11 is 0. The average molecular weight is 360 g/mol. The Labute approximate surface area is 149 Å². The Kier molecular flexibility index (Phi) is 5.27. The van der Waals surface area contributed by atoms with E-state index in [2.05, 4.69) is 5.32 Å². The van der Waals surface area contributed by atoms with Gasteiger partial charge in [0.25, 0.3) is 5.91 Å². The molecule has 26 heavy (non-hydrogen) atoms. The smallest absolute Gasteiger partial charge is 0.251 e. The zero-order valence-corrected chi connectivity index (χ0v) is 13.9. The summed E-state index contributed by atoms with van der Waals surface area (Å²) in [6, 6.07) is 9.67. The van der Waals surface area contributed by atoms with Crippen LogP contribution in [0.15, 0.2) is 42.5 Å². The molecule has 0 radical (unpaired) electrons. The molecule has 2 aromatic carbocycles. The van der Waals surface area contributed by atoms with Gasteiger partial charge in [-0.2, -0.15) is 0 Å². The second-order valence-corrected chi connectivity index (χ2v) is 6.10. The molecule has 0 saturated carbocycles. The predicted molar refractivity (Wildman–Crippen MR) is 91.7 cm³/mol. The van der Waals surface area contributed by atoms with Crippen molar-refractivity contribution in [2.75, 3.05) is 18.0 Å². The highest BCUT2D eigenvalue weighted by molar-refractivity contribution is 5.97. The molecule has 1 aliphatic rings. The van der Waals surface area contributed by atoms with Crippen LogP contribution in [-0.2, 0) is 4.79 Å². The maximum Gasteiger partial charge on any atom is 0.251 e. The van der Waals surface area contributed by atoms with Crippen molar-refractivity contribution in [1.82, 2.24) is 5.32 Å². The first-order valence-corrected chi connectivity index (χ1v) is 8.27. The van der Waals surface area contributed by atoms with Crippen molar-refractivity contribution in [2.24, 2.45) is 0 Å². The highest BCUT2D eigenvalue weighted by Crippen LogP contribution is 2.21. The largest absolute Gasteiger partial charge is 0.387 e. The molecule has 0 unspecified atom stereocenters. The Hall–Kier alpha value is -2.80. The topological polar surface area (TPSA) is 69.6 Å². The summed E-state index contributed by atoms with van der Waals surface area (Å²) in [5.74, 6) is -2.40. The number of benzene rings is 2. The zero-order valence-electron chi connectivity index (χ0n) is 13.9. The van der Waals surface area contributed by atoms with E-state index in [1.165, 1.54) is 6.07 Å². The van der Waals surface area contributed by atoms with Crippen LogP contribution in [0.1, 0.15) is 34.9 Å². The minimum Gasteiger partial charge on any atom is -0.387 e. The number of aliphatic hydroxyl groups excluding tert-OH is 1. The Morgan fingerprint density at radius 1 is 1.15 bits per heavy atom. The highest BCUT2D eigenvalue weighted by atomic mass is 19.2. The SMILES string of the molecule is O=C(NC[C@@H](O)c1ccc(F)c(F)c1)c1ccc(N2CCCC2=O)cc1. The van der Waals surface area contributed by atoms with Gasteiger partial charge in [-0.3, -0.25) is 9.59 Å². The van der Waals surface area contributed by atoms with Gasteiger partial charge in [0.2, 0.25) is 5.91 Å². The van der Waals surface area contributed by atoms with Gasteiger partial charge >= 0.3 is 0 Å². The second kappa shape index (κ2) is 7.61. The fourth-order valence-electron chi connectivity index (χ4n) is 2.84. The number of amides is 2. The van der Waals surface area contributed by atoms with Crippen LogP contribution in [0, 0.1) is 11.6 Å². The van der Waals surface area contributed by atoms with Gasteiger partial charge < -0.3 is 15.3 Å². The van der Waals surface area contributed by atoms with E-state index in [1.54, 1.807) is 29.2 Å². The Morgan fingerprint density at radius 3 is 2.50 bits per heavy atom. The lowest BCUT2D eigenvalue weighted by atomic mass is 10.1. The summed E-state index contributed by atoms with van der Waals surface area (Å²) in [5.41, 5.74) is 1.29. The third-order valence-corrected chi connectivity index (χ3v) is 4.30. The zero-order chi connectivity index (χ0) is 18.7. The summed E-state index contributed by atoms with van der Waals surface area (Å²) in [6.07, 6.45) is 0.197. The molecule has 1 fully saturated rings. The number of rotatable bonds is 5. The minimum absolute atomic E-state index is 0.0665. The Bertz CT molecular complexity index is 824. The fourth-order valence-corrected chi connectivity index (χ4v) is 2.84. The van der Waals surface area contributed by atoms with Crippen molar-refractivity contribution in [3.8, 4) is 0 Å². The molecule has 0 spiro atoms. The molecule has 0 bridgehead atoms. The third-order valence-electron chi connectivity index (χ3n) is 4.30. The van der Waals surface area contributed by atoms with Crippen molar-refractivity contribution in [2.45, 2.75) is 18.9 Å². The van der Waals surface area contributed by atoms with Crippen molar-refractivity contribution in [1.29, 1.82) is 0 Å². The maximum atomic E-state index is 13.2. The third kappa shape index (κ3) is 3.88. The molecule has 0 aliphatic carbocycles. The molecule has 2 aromatic rings. The normalized spacial score (nSPS) is 15.2. The number of nitrogens with zero attached hydrogens (tertiary/aromatic N) is 1. The van der Waals surface area contributed by atoms with Gasteiger partial charge in [-0.15, -0.1) is 0 Å². The van der Waals surface area contributed by atoms with E-state index in [9.17, 15) is 23.5 Å². The molecule has 1 heterocycles. The van der Waals surface area contributed by atoms with E-state index in [1.807, 2.05) is 0 Å². The Morgan fingerprint density at radius 2 is 1.88 bits per heavy atom. The molecular weight excluding hydrogens is 342 g/mol. The van der Waals surface area contributed by atoms with E-state index >= 15 is 0 Å².